The van der Waals surface area contributed by atoms with Crippen LogP contribution in [-0.4, -0.2) is 14.7 Å². The second kappa shape index (κ2) is 6.25. The van der Waals surface area contributed by atoms with E-state index in [9.17, 15) is 29.7 Å². The van der Waals surface area contributed by atoms with Crippen molar-refractivity contribution in [2.24, 2.45) is 0 Å². The Kier molecular flexibility index (Phi) is 4.72. The van der Waals surface area contributed by atoms with Crippen LogP contribution in [0.15, 0.2) is 36.4 Å². The third kappa shape index (κ3) is 3.35. The maximum Gasteiger partial charge on any atom is 0.287 e. The summed E-state index contributed by atoms with van der Waals surface area (Å²) in [6.45, 7) is 0. The van der Waals surface area contributed by atoms with Gasteiger partial charge in [-0.15, -0.1) is 0 Å². The summed E-state index contributed by atoms with van der Waals surface area (Å²) in [6.07, 6.45) is 0. The molecule has 23 heavy (non-hydrogen) atoms. The Bertz CT molecular complexity index is 805. The second-order valence-corrected chi connectivity index (χ2v) is 7.36. The highest BCUT2D eigenvalue weighted by Gasteiger charge is 2.28. The summed E-state index contributed by atoms with van der Waals surface area (Å²) >= 11 is 11.5. The predicted molar refractivity (Wildman–Crippen MR) is 85.3 cm³/mol. The molecule has 8 nitrogen and oxygen atoms in total. The van der Waals surface area contributed by atoms with Crippen LogP contribution in [-0.2, 0) is 4.57 Å². The van der Waals surface area contributed by atoms with Crippen molar-refractivity contribution < 1.29 is 19.3 Å². The van der Waals surface area contributed by atoms with Gasteiger partial charge in [-0.05, 0) is 24.3 Å². The fourth-order valence-corrected chi connectivity index (χ4v) is 3.92. The Morgan fingerprint density at radius 1 is 0.870 bits per heavy atom. The zero-order valence-electron chi connectivity index (χ0n) is 11.1. The molecule has 2 aromatic rings. The van der Waals surface area contributed by atoms with Gasteiger partial charge in [0.15, 0.2) is 0 Å². The van der Waals surface area contributed by atoms with Gasteiger partial charge in [-0.3, -0.25) is 24.8 Å². The highest BCUT2D eigenvalue weighted by Crippen LogP contribution is 2.41. The molecule has 2 aromatic carbocycles. The van der Waals surface area contributed by atoms with Crippen molar-refractivity contribution in [1.82, 2.24) is 0 Å². The lowest BCUT2D eigenvalue weighted by atomic mass is 10.3. The summed E-state index contributed by atoms with van der Waals surface area (Å²) in [5, 5.41) is 20.5. The monoisotopic (exact) mass is 376 g/mol. The topological polar surface area (TPSA) is 124 Å². The molecule has 0 saturated heterocycles. The molecule has 0 amide bonds. The number of rotatable bonds is 4. The summed E-state index contributed by atoms with van der Waals surface area (Å²) in [4.78, 5) is 30.2. The van der Waals surface area contributed by atoms with E-state index in [-0.39, 0.29) is 20.7 Å². The largest absolute Gasteiger partial charge is 0.338 e. The molecular weight excluding hydrogens is 370 g/mol. The summed E-state index contributed by atoms with van der Waals surface area (Å²) in [5.74, 6) is 0. The molecule has 0 atom stereocenters. The van der Waals surface area contributed by atoms with E-state index in [2.05, 4.69) is 0 Å². The highest BCUT2D eigenvalue weighted by atomic mass is 35.5. The van der Waals surface area contributed by atoms with Gasteiger partial charge in [-0.2, -0.15) is 0 Å². The molecule has 0 bridgehead atoms. The van der Waals surface area contributed by atoms with Crippen LogP contribution in [0.1, 0.15) is 0 Å². The van der Waals surface area contributed by atoms with Crippen molar-refractivity contribution in [2.45, 2.75) is 0 Å². The van der Waals surface area contributed by atoms with Gasteiger partial charge >= 0.3 is 0 Å². The molecule has 2 rings (SSSR count). The quantitative estimate of drug-likeness (QED) is 0.496. The van der Waals surface area contributed by atoms with Gasteiger partial charge in [0.1, 0.15) is 10.0 Å². The van der Waals surface area contributed by atoms with E-state index < -0.39 is 28.6 Å². The summed E-state index contributed by atoms with van der Waals surface area (Å²) in [6, 6.07) is 6.23. The molecular formula is C12H7Cl2N2O6P. The number of halogens is 2. The van der Waals surface area contributed by atoms with Crippen molar-refractivity contribution in [2.75, 3.05) is 0 Å². The molecule has 0 fully saturated rings. The van der Waals surface area contributed by atoms with Crippen LogP contribution in [0.4, 0.5) is 11.4 Å². The lowest BCUT2D eigenvalue weighted by Crippen LogP contribution is -2.16. The van der Waals surface area contributed by atoms with Crippen molar-refractivity contribution >= 4 is 52.6 Å². The molecule has 0 aliphatic rings. The van der Waals surface area contributed by atoms with Crippen molar-refractivity contribution in [3.8, 4) is 0 Å². The molecule has 0 radical (unpaired) electrons. The van der Waals surface area contributed by atoms with E-state index in [1.807, 2.05) is 0 Å². The molecule has 0 aliphatic heterocycles. The van der Waals surface area contributed by atoms with Gasteiger partial charge in [0.05, 0.1) is 9.85 Å². The van der Waals surface area contributed by atoms with Crippen molar-refractivity contribution in [3.63, 3.8) is 0 Å². The van der Waals surface area contributed by atoms with E-state index in [1.54, 1.807) is 0 Å². The van der Waals surface area contributed by atoms with Gasteiger partial charge in [-0.25, -0.2) is 0 Å². The maximum absolute atomic E-state index is 12.6. The van der Waals surface area contributed by atoms with E-state index in [0.29, 0.717) is 0 Å². The molecule has 120 valence electrons. The standard InChI is InChI=1S/C12H7Cl2N2O6P/c13-9-5-7(1-3-11(9)15(17)18)23(21,22)8-2-4-12(16(19)20)10(14)6-8/h1-6H,(H,21,22). The molecule has 0 heterocycles. The van der Waals surface area contributed by atoms with Gasteiger partial charge < -0.3 is 4.89 Å². The van der Waals surface area contributed by atoms with E-state index in [1.165, 1.54) is 0 Å². The van der Waals surface area contributed by atoms with Gasteiger partial charge in [0.25, 0.3) is 18.7 Å². The second-order valence-electron chi connectivity index (χ2n) is 4.36. The Morgan fingerprint density at radius 2 is 1.22 bits per heavy atom. The minimum absolute atomic E-state index is 0.155. The molecule has 1 N–H and O–H groups in total. The number of nitro groups is 2. The van der Waals surface area contributed by atoms with Crippen LogP contribution < -0.4 is 10.6 Å². The lowest BCUT2D eigenvalue weighted by Gasteiger charge is -2.12. The maximum atomic E-state index is 12.6. The van der Waals surface area contributed by atoms with Gasteiger partial charge in [0, 0.05) is 22.7 Å². The van der Waals surface area contributed by atoms with Crippen LogP contribution in [0.2, 0.25) is 10.0 Å². The van der Waals surface area contributed by atoms with Gasteiger partial charge in [0.2, 0.25) is 0 Å². The zero-order chi connectivity index (χ0) is 17.4. The van der Waals surface area contributed by atoms with Crippen molar-refractivity contribution in [3.05, 3.63) is 66.7 Å². The molecule has 0 spiro atoms. The molecule has 0 aliphatic carbocycles. The van der Waals surface area contributed by atoms with Crippen LogP contribution >= 0.6 is 30.6 Å². The SMILES string of the molecule is O=[N+]([O-])c1ccc(P(=O)(O)c2ccc([N+](=O)[O-])c(Cl)c2)cc1Cl. The van der Waals surface area contributed by atoms with Crippen LogP contribution in [0.25, 0.3) is 0 Å². The number of nitrogens with zero attached hydrogens (tertiary/aromatic N) is 2. The first kappa shape index (κ1) is 17.4. The number of benzene rings is 2. The number of hydrogen-bond acceptors (Lipinski definition) is 5. The molecule has 0 saturated carbocycles. The van der Waals surface area contributed by atoms with E-state index in [0.717, 1.165) is 36.4 Å². The minimum Gasteiger partial charge on any atom is -0.338 e. The van der Waals surface area contributed by atoms with Crippen LogP contribution in [0.5, 0.6) is 0 Å². The average molecular weight is 377 g/mol. The average Bonchev–Trinajstić information content (AvgIpc) is 2.46. The minimum atomic E-state index is -4.17. The first-order chi connectivity index (χ1) is 10.6. The van der Waals surface area contributed by atoms with Crippen molar-refractivity contribution in [1.29, 1.82) is 0 Å². The fraction of sp³-hybridized carbons (Fsp3) is 0. The predicted octanol–water partition coefficient (Wildman–Crippen LogP) is 3.03. The first-order valence-electron chi connectivity index (χ1n) is 5.86. The highest BCUT2D eigenvalue weighted by molar-refractivity contribution is 7.73. The van der Waals surface area contributed by atoms with Crippen LogP contribution in [0.3, 0.4) is 0 Å². The Balaban J connectivity index is 2.52. The molecule has 0 unspecified atom stereocenters. The van der Waals surface area contributed by atoms with Gasteiger partial charge in [-0.1, -0.05) is 23.2 Å². The third-order valence-electron chi connectivity index (χ3n) is 2.96. The molecule has 11 heteroatoms. The Morgan fingerprint density at radius 3 is 1.48 bits per heavy atom. The normalized spacial score (nSPS) is 11.3. The number of hydrogen-bond donors (Lipinski definition) is 1. The summed E-state index contributed by atoms with van der Waals surface area (Å²) in [5.41, 5.74) is -0.811. The van der Waals surface area contributed by atoms with E-state index >= 15 is 0 Å². The van der Waals surface area contributed by atoms with Crippen LogP contribution in [0, 0.1) is 20.2 Å². The smallest absolute Gasteiger partial charge is 0.287 e. The summed E-state index contributed by atoms with van der Waals surface area (Å²) < 4.78 is 12.6. The zero-order valence-corrected chi connectivity index (χ0v) is 13.5. The van der Waals surface area contributed by atoms with E-state index in [4.69, 9.17) is 23.2 Å². The summed E-state index contributed by atoms with van der Waals surface area (Å²) in [7, 11) is -4.17. The molecule has 0 aromatic heterocycles. The Labute approximate surface area is 139 Å². The lowest BCUT2D eigenvalue weighted by molar-refractivity contribution is -0.384. The fourth-order valence-electron chi connectivity index (χ4n) is 1.81. The Hall–Kier alpha value is -1.99. The first-order valence-corrected chi connectivity index (χ1v) is 8.28. The third-order valence-corrected chi connectivity index (χ3v) is 5.52. The number of nitro benzene ring substituents is 2.